The minimum absolute atomic E-state index is 0.0699. The van der Waals surface area contributed by atoms with Gasteiger partial charge in [-0.1, -0.05) is 30.3 Å². The first-order valence-electron chi connectivity index (χ1n) is 8.80. The predicted octanol–water partition coefficient (Wildman–Crippen LogP) is 1.51. The summed E-state index contributed by atoms with van der Waals surface area (Å²) in [5, 5.41) is 10.2. The molecule has 2 aliphatic rings. The van der Waals surface area contributed by atoms with Gasteiger partial charge in [0.2, 0.25) is 5.91 Å². The van der Waals surface area contributed by atoms with E-state index in [9.17, 15) is 4.79 Å². The quantitative estimate of drug-likeness (QED) is 0.861. The average Bonchev–Trinajstić information content (AvgIpc) is 3.33. The highest BCUT2D eigenvalue weighted by Crippen LogP contribution is 2.29. The Labute approximate surface area is 146 Å². The van der Waals surface area contributed by atoms with E-state index in [1.165, 1.54) is 0 Å². The third-order valence-corrected chi connectivity index (χ3v) is 4.65. The molecule has 2 atom stereocenters. The van der Waals surface area contributed by atoms with Crippen LogP contribution in [0, 0.1) is 6.92 Å². The van der Waals surface area contributed by atoms with Crippen molar-refractivity contribution in [3.8, 4) is 0 Å². The fraction of sp³-hybridized carbons (Fsp3) is 0.500. The fourth-order valence-electron chi connectivity index (χ4n) is 3.24. The summed E-state index contributed by atoms with van der Waals surface area (Å²) in [6, 6.07) is 9.97. The van der Waals surface area contributed by atoms with Gasteiger partial charge in [0.1, 0.15) is 18.0 Å². The third kappa shape index (κ3) is 3.72. The van der Waals surface area contributed by atoms with Gasteiger partial charge >= 0.3 is 0 Å². The Morgan fingerprint density at radius 2 is 2.16 bits per heavy atom. The van der Waals surface area contributed by atoms with Gasteiger partial charge in [-0.25, -0.2) is 4.98 Å². The van der Waals surface area contributed by atoms with Crippen LogP contribution < -0.4 is 5.32 Å². The molecule has 1 saturated carbocycles. The van der Waals surface area contributed by atoms with Crippen LogP contribution in [0.4, 0.5) is 0 Å². The van der Waals surface area contributed by atoms with Gasteiger partial charge in [0.15, 0.2) is 5.82 Å². The summed E-state index contributed by atoms with van der Waals surface area (Å²) in [5.41, 5.74) is 1.01. The lowest BCUT2D eigenvalue weighted by atomic mass is 10.0. The summed E-state index contributed by atoms with van der Waals surface area (Å²) in [6.07, 6.45) is 1.93. The first-order valence-corrected chi connectivity index (χ1v) is 8.80. The molecule has 2 aromatic rings. The lowest BCUT2D eigenvalue weighted by Gasteiger charge is -2.36. The van der Waals surface area contributed by atoms with E-state index in [1.807, 2.05) is 37.3 Å². The average molecular weight is 341 g/mol. The Bertz CT molecular complexity index is 728. The van der Waals surface area contributed by atoms with Gasteiger partial charge in [-0.2, -0.15) is 5.10 Å². The predicted molar refractivity (Wildman–Crippen MR) is 91.7 cm³/mol. The van der Waals surface area contributed by atoms with Crippen LogP contribution in [-0.2, 0) is 9.53 Å². The van der Waals surface area contributed by atoms with Crippen molar-refractivity contribution in [1.29, 1.82) is 0 Å². The summed E-state index contributed by atoms with van der Waals surface area (Å²) >= 11 is 0. The van der Waals surface area contributed by atoms with Crippen LogP contribution in [0.3, 0.4) is 0 Å². The van der Waals surface area contributed by atoms with Gasteiger partial charge in [-0.3, -0.25) is 14.8 Å². The second kappa shape index (κ2) is 6.93. The second-order valence-electron chi connectivity index (χ2n) is 6.73. The number of hydrogen-bond acceptors (Lipinski definition) is 5. The monoisotopic (exact) mass is 341 g/mol. The van der Waals surface area contributed by atoms with Crippen molar-refractivity contribution >= 4 is 5.91 Å². The number of H-pyrrole nitrogens is 1. The lowest BCUT2D eigenvalue weighted by Crippen LogP contribution is -2.47. The van der Waals surface area contributed by atoms with Crippen molar-refractivity contribution in [1.82, 2.24) is 25.4 Å². The van der Waals surface area contributed by atoms with E-state index < -0.39 is 0 Å². The molecule has 2 N–H and O–H groups in total. The molecule has 0 radical (unpaired) electrons. The van der Waals surface area contributed by atoms with Gasteiger partial charge in [-0.05, 0) is 25.3 Å². The van der Waals surface area contributed by atoms with Gasteiger partial charge in [0.25, 0.3) is 0 Å². The number of rotatable bonds is 5. The maximum Gasteiger partial charge on any atom is 0.242 e. The van der Waals surface area contributed by atoms with E-state index in [0.717, 1.165) is 24.2 Å². The number of nitrogens with zero attached hydrogens (tertiary/aromatic N) is 3. The van der Waals surface area contributed by atoms with Crippen molar-refractivity contribution in [3.05, 3.63) is 47.5 Å². The Kier molecular flexibility index (Phi) is 4.50. The molecule has 1 aromatic heterocycles. The van der Waals surface area contributed by atoms with Gasteiger partial charge in [-0.15, -0.1) is 0 Å². The number of aromatic nitrogens is 3. The normalized spacial score (nSPS) is 22.5. The maximum atomic E-state index is 12.9. The van der Waals surface area contributed by atoms with Gasteiger partial charge in [0.05, 0.1) is 6.61 Å². The van der Waals surface area contributed by atoms with Crippen molar-refractivity contribution in [2.45, 2.75) is 38.0 Å². The van der Waals surface area contributed by atoms with E-state index in [4.69, 9.17) is 4.74 Å². The van der Waals surface area contributed by atoms with E-state index in [1.54, 1.807) is 0 Å². The standard InChI is InChI=1S/C18H23N5O2/c1-12-19-17(22-21-12)15-11-23(9-10-25-15)16(13-5-3-2-4-6-13)18(24)20-14-7-8-14/h2-6,14-16H,7-11H2,1H3,(H,20,24)(H,19,21,22)/t15-,16-/m1/s1. The Morgan fingerprint density at radius 1 is 1.36 bits per heavy atom. The van der Waals surface area contributed by atoms with Crippen LogP contribution in [0.2, 0.25) is 0 Å². The number of morpholine rings is 1. The van der Waals surface area contributed by atoms with E-state index >= 15 is 0 Å². The molecule has 25 heavy (non-hydrogen) atoms. The molecule has 0 bridgehead atoms. The molecule has 0 unspecified atom stereocenters. The van der Waals surface area contributed by atoms with Crippen LogP contribution >= 0.6 is 0 Å². The zero-order chi connectivity index (χ0) is 17.2. The molecule has 1 aromatic carbocycles. The van der Waals surface area contributed by atoms with Crippen molar-refractivity contribution < 1.29 is 9.53 Å². The molecule has 1 amide bonds. The molecule has 1 aliphatic heterocycles. The number of carbonyl (C=O) groups is 1. The summed E-state index contributed by atoms with van der Waals surface area (Å²) in [4.78, 5) is 19.5. The number of nitrogens with one attached hydrogen (secondary N) is 2. The zero-order valence-electron chi connectivity index (χ0n) is 14.3. The molecule has 2 fully saturated rings. The minimum Gasteiger partial charge on any atom is -0.367 e. The number of ether oxygens (including phenoxy) is 1. The van der Waals surface area contributed by atoms with Crippen LogP contribution in [-0.4, -0.2) is 51.7 Å². The van der Waals surface area contributed by atoms with Crippen molar-refractivity contribution in [3.63, 3.8) is 0 Å². The first kappa shape index (κ1) is 16.2. The van der Waals surface area contributed by atoms with Crippen LogP contribution in [0.1, 0.15) is 42.2 Å². The van der Waals surface area contributed by atoms with Crippen molar-refractivity contribution in [2.75, 3.05) is 19.7 Å². The van der Waals surface area contributed by atoms with E-state index in [2.05, 4.69) is 25.4 Å². The van der Waals surface area contributed by atoms with E-state index in [0.29, 0.717) is 31.6 Å². The molecule has 7 nitrogen and oxygen atoms in total. The maximum absolute atomic E-state index is 12.9. The lowest BCUT2D eigenvalue weighted by molar-refractivity contribution is -0.130. The number of benzene rings is 1. The minimum atomic E-state index is -0.312. The summed E-state index contributed by atoms with van der Waals surface area (Å²) < 4.78 is 5.85. The Balaban J connectivity index is 1.56. The molecule has 1 aliphatic carbocycles. The topological polar surface area (TPSA) is 83.1 Å². The Morgan fingerprint density at radius 3 is 2.84 bits per heavy atom. The Hall–Kier alpha value is -2.25. The smallest absolute Gasteiger partial charge is 0.242 e. The summed E-state index contributed by atoms with van der Waals surface area (Å²) in [7, 11) is 0. The highest BCUT2D eigenvalue weighted by molar-refractivity contribution is 5.83. The van der Waals surface area contributed by atoms with Crippen molar-refractivity contribution in [2.24, 2.45) is 0 Å². The highest BCUT2D eigenvalue weighted by Gasteiger charge is 2.36. The fourth-order valence-corrected chi connectivity index (χ4v) is 3.24. The summed E-state index contributed by atoms with van der Waals surface area (Å²) in [6.45, 7) is 3.72. The first-order chi connectivity index (χ1) is 12.2. The summed E-state index contributed by atoms with van der Waals surface area (Å²) in [5.74, 6) is 1.49. The molecule has 0 spiro atoms. The molecule has 1 saturated heterocycles. The third-order valence-electron chi connectivity index (χ3n) is 4.65. The van der Waals surface area contributed by atoms with Crippen LogP contribution in [0.5, 0.6) is 0 Å². The van der Waals surface area contributed by atoms with Gasteiger partial charge < -0.3 is 10.1 Å². The molecular formula is C18H23N5O2. The van der Waals surface area contributed by atoms with E-state index in [-0.39, 0.29) is 18.1 Å². The molecule has 7 heteroatoms. The molecular weight excluding hydrogens is 318 g/mol. The number of aromatic amines is 1. The largest absolute Gasteiger partial charge is 0.367 e. The molecule has 2 heterocycles. The number of amides is 1. The SMILES string of the molecule is Cc1nc([C@H]2CN([C@@H](C(=O)NC3CC3)c3ccccc3)CCO2)n[nH]1. The molecule has 132 valence electrons. The zero-order valence-corrected chi connectivity index (χ0v) is 14.3. The highest BCUT2D eigenvalue weighted by atomic mass is 16.5. The molecule has 4 rings (SSSR count). The van der Waals surface area contributed by atoms with Crippen LogP contribution in [0.15, 0.2) is 30.3 Å². The van der Waals surface area contributed by atoms with Gasteiger partial charge in [0, 0.05) is 19.1 Å². The van der Waals surface area contributed by atoms with Crippen LogP contribution in [0.25, 0.3) is 0 Å². The number of carbonyl (C=O) groups excluding carboxylic acids is 1. The number of hydrogen-bond donors (Lipinski definition) is 2. The second-order valence-corrected chi connectivity index (χ2v) is 6.73. The number of aryl methyl sites for hydroxylation is 1.